The molecule has 2 atom stereocenters. The van der Waals surface area contributed by atoms with Crippen molar-refractivity contribution >= 4 is 17.4 Å². The average Bonchev–Trinajstić information content (AvgIpc) is 3.31. The van der Waals surface area contributed by atoms with Gasteiger partial charge in [-0.3, -0.25) is 19.4 Å². The number of H-pyrrole nitrogens is 1. The minimum atomic E-state index is -0.319. The van der Waals surface area contributed by atoms with Crippen LogP contribution in [0.1, 0.15) is 47.3 Å². The number of ketones is 1. The molecule has 30 heavy (non-hydrogen) atoms. The van der Waals surface area contributed by atoms with Crippen LogP contribution in [0.2, 0.25) is 0 Å². The molecule has 1 saturated carbocycles. The van der Waals surface area contributed by atoms with Crippen LogP contribution in [0.25, 0.3) is 11.3 Å². The van der Waals surface area contributed by atoms with E-state index in [1.54, 1.807) is 17.1 Å². The molecule has 3 aromatic rings. The van der Waals surface area contributed by atoms with Gasteiger partial charge in [0.05, 0.1) is 23.3 Å². The molecule has 1 aromatic carbocycles. The van der Waals surface area contributed by atoms with Gasteiger partial charge in [-0.05, 0) is 37.8 Å². The van der Waals surface area contributed by atoms with Gasteiger partial charge < -0.3 is 5.32 Å². The molecule has 2 aromatic heterocycles. The Hall–Kier alpha value is -3.22. The maximum Gasteiger partial charge on any atom is 0.228 e. The quantitative estimate of drug-likeness (QED) is 0.626. The number of aromatic amines is 1. The van der Waals surface area contributed by atoms with E-state index in [1.807, 2.05) is 45.2 Å². The number of carbonyl (C=O) groups excluding carboxylic acids is 2. The molecule has 156 valence electrons. The van der Waals surface area contributed by atoms with Gasteiger partial charge in [0.25, 0.3) is 0 Å². The Morgan fingerprint density at radius 1 is 1.10 bits per heavy atom. The van der Waals surface area contributed by atoms with Crippen molar-refractivity contribution < 1.29 is 9.59 Å². The summed E-state index contributed by atoms with van der Waals surface area (Å²) in [6.07, 6.45) is 6.98. The molecule has 7 heteroatoms. The molecule has 1 aliphatic carbocycles. The standard InChI is InChI=1S/C23H27N5O2/c1-14-12-24-26-21(14)16-8-10-17(11-9-16)22(29)18-6-4-5-7-19(18)23(30)25-20-13-28(3)27-15(20)2/h8-13,18-19H,4-7H2,1-3H3,(H,24,26)(H,25,30)/t18-,19-/m1/s1. The zero-order chi connectivity index (χ0) is 21.3. The lowest BCUT2D eigenvalue weighted by molar-refractivity contribution is -0.122. The molecule has 7 nitrogen and oxygen atoms in total. The van der Waals surface area contributed by atoms with Crippen LogP contribution in [0.3, 0.4) is 0 Å². The number of carbonyl (C=O) groups is 2. The molecule has 2 N–H and O–H groups in total. The number of amides is 1. The van der Waals surface area contributed by atoms with Crippen molar-refractivity contribution in [1.29, 1.82) is 0 Å². The van der Waals surface area contributed by atoms with Crippen molar-refractivity contribution in [3.8, 4) is 11.3 Å². The van der Waals surface area contributed by atoms with Gasteiger partial charge in [0.15, 0.2) is 5.78 Å². The highest BCUT2D eigenvalue weighted by Gasteiger charge is 2.36. The van der Waals surface area contributed by atoms with E-state index in [0.717, 1.165) is 48.2 Å². The number of Topliss-reactive ketones (excluding diaryl/α,β-unsaturated/α-hetero) is 1. The molecule has 4 rings (SSSR count). The zero-order valence-electron chi connectivity index (χ0n) is 17.6. The van der Waals surface area contributed by atoms with Gasteiger partial charge in [-0.15, -0.1) is 0 Å². The van der Waals surface area contributed by atoms with E-state index >= 15 is 0 Å². The predicted octanol–water partition coefficient (Wildman–Crippen LogP) is 4.05. The van der Waals surface area contributed by atoms with Gasteiger partial charge >= 0.3 is 0 Å². The second-order valence-corrected chi connectivity index (χ2v) is 8.16. The highest BCUT2D eigenvalue weighted by atomic mass is 16.2. The number of hydrogen-bond donors (Lipinski definition) is 2. The molecule has 1 amide bonds. The van der Waals surface area contributed by atoms with E-state index in [9.17, 15) is 9.59 Å². The first-order chi connectivity index (χ1) is 14.4. The van der Waals surface area contributed by atoms with E-state index in [-0.39, 0.29) is 23.5 Å². The third kappa shape index (κ3) is 3.92. The van der Waals surface area contributed by atoms with Gasteiger partial charge in [0, 0.05) is 30.6 Å². The number of nitrogens with zero attached hydrogens (tertiary/aromatic N) is 3. The normalized spacial score (nSPS) is 18.9. The molecule has 0 saturated heterocycles. The second-order valence-electron chi connectivity index (χ2n) is 8.16. The Morgan fingerprint density at radius 2 is 1.80 bits per heavy atom. The summed E-state index contributed by atoms with van der Waals surface area (Å²) in [5, 5.41) is 14.3. The van der Waals surface area contributed by atoms with Crippen LogP contribution in [0.15, 0.2) is 36.7 Å². The molecule has 1 fully saturated rings. The van der Waals surface area contributed by atoms with Crippen LogP contribution in [-0.2, 0) is 11.8 Å². The topological polar surface area (TPSA) is 92.7 Å². The average molecular weight is 406 g/mol. The maximum atomic E-state index is 13.3. The van der Waals surface area contributed by atoms with Crippen molar-refractivity contribution in [3.63, 3.8) is 0 Å². The number of nitrogens with one attached hydrogen (secondary N) is 2. The SMILES string of the molecule is Cc1cn[nH]c1-c1ccc(C(=O)[C@@H]2CCCC[C@H]2C(=O)Nc2cn(C)nc2C)cc1. The Balaban J connectivity index is 1.52. The summed E-state index contributed by atoms with van der Waals surface area (Å²) in [5.41, 5.74) is 5.14. The third-order valence-electron chi connectivity index (χ3n) is 6.00. The van der Waals surface area contributed by atoms with Crippen LogP contribution < -0.4 is 5.32 Å². The van der Waals surface area contributed by atoms with Crippen LogP contribution in [-0.4, -0.2) is 31.7 Å². The Kier molecular flexibility index (Phi) is 5.53. The molecule has 0 aliphatic heterocycles. The number of benzene rings is 1. The molecule has 0 spiro atoms. The molecule has 0 unspecified atom stereocenters. The van der Waals surface area contributed by atoms with Crippen LogP contribution >= 0.6 is 0 Å². The Labute approximate surface area is 175 Å². The van der Waals surface area contributed by atoms with Crippen molar-refractivity contribution in [2.24, 2.45) is 18.9 Å². The lowest BCUT2D eigenvalue weighted by Gasteiger charge is -2.29. The number of anilines is 1. The van der Waals surface area contributed by atoms with Gasteiger partial charge in [0.1, 0.15) is 0 Å². The first kappa shape index (κ1) is 20.1. The predicted molar refractivity (Wildman–Crippen MR) is 115 cm³/mol. The van der Waals surface area contributed by atoms with E-state index in [1.165, 1.54) is 0 Å². The number of rotatable bonds is 5. The lowest BCUT2D eigenvalue weighted by atomic mass is 9.75. The highest BCUT2D eigenvalue weighted by molar-refractivity contribution is 6.03. The summed E-state index contributed by atoms with van der Waals surface area (Å²) in [5.74, 6) is -0.657. The Morgan fingerprint density at radius 3 is 2.40 bits per heavy atom. The van der Waals surface area contributed by atoms with E-state index < -0.39 is 0 Å². The second kappa shape index (κ2) is 8.26. The summed E-state index contributed by atoms with van der Waals surface area (Å²) in [6.45, 7) is 3.86. The summed E-state index contributed by atoms with van der Waals surface area (Å²) < 4.78 is 1.68. The Bertz CT molecular complexity index is 1060. The fourth-order valence-corrected chi connectivity index (χ4v) is 4.36. The van der Waals surface area contributed by atoms with Gasteiger partial charge in [-0.25, -0.2) is 0 Å². The molecular formula is C23H27N5O2. The summed E-state index contributed by atoms with van der Waals surface area (Å²) >= 11 is 0. The van der Waals surface area contributed by atoms with Gasteiger partial charge in [-0.2, -0.15) is 10.2 Å². The minimum absolute atomic E-state index is 0.0469. The number of aromatic nitrogens is 4. The van der Waals surface area contributed by atoms with E-state index in [2.05, 4.69) is 20.6 Å². The number of hydrogen-bond acceptors (Lipinski definition) is 4. The first-order valence-electron chi connectivity index (χ1n) is 10.4. The summed E-state index contributed by atoms with van der Waals surface area (Å²) in [4.78, 5) is 26.3. The van der Waals surface area contributed by atoms with Crippen molar-refractivity contribution in [1.82, 2.24) is 20.0 Å². The minimum Gasteiger partial charge on any atom is -0.323 e. The molecule has 0 bridgehead atoms. The van der Waals surface area contributed by atoms with E-state index in [0.29, 0.717) is 11.3 Å². The molecule has 2 heterocycles. The summed E-state index contributed by atoms with van der Waals surface area (Å²) in [6, 6.07) is 7.58. The smallest absolute Gasteiger partial charge is 0.228 e. The third-order valence-corrected chi connectivity index (χ3v) is 6.00. The first-order valence-corrected chi connectivity index (χ1v) is 10.4. The van der Waals surface area contributed by atoms with Crippen molar-refractivity contribution in [3.05, 3.63) is 53.5 Å². The van der Waals surface area contributed by atoms with Crippen molar-refractivity contribution in [2.75, 3.05) is 5.32 Å². The van der Waals surface area contributed by atoms with Gasteiger partial charge in [-0.1, -0.05) is 37.1 Å². The van der Waals surface area contributed by atoms with Gasteiger partial charge in [0.2, 0.25) is 5.91 Å². The zero-order valence-corrected chi connectivity index (χ0v) is 17.6. The molecule has 0 radical (unpaired) electrons. The fourth-order valence-electron chi connectivity index (χ4n) is 4.36. The van der Waals surface area contributed by atoms with Crippen LogP contribution in [0, 0.1) is 25.7 Å². The molecular weight excluding hydrogens is 378 g/mol. The maximum absolute atomic E-state index is 13.3. The largest absolute Gasteiger partial charge is 0.323 e. The molecule has 1 aliphatic rings. The van der Waals surface area contributed by atoms with E-state index in [4.69, 9.17) is 0 Å². The van der Waals surface area contributed by atoms with Crippen molar-refractivity contribution in [2.45, 2.75) is 39.5 Å². The highest BCUT2D eigenvalue weighted by Crippen LogP contribution is 2.34. The van der Waals surface area contributed by atoms with Crippen LogP contribution in [0.5, 0.6) is 0 Å². The lowest BCUT2D eigenvalue weighted by Crippen LogP contribution is -2.36. The summed E-state index contributed by atoms with van der Waals surface area (Å²) in [7, 11) is 1.82. The monoisotopic (exact) mass is 405 g/mol. The van der Waals surface area contributed by atoms with Crippen LogP contribution in [0.4, 0.5) is 5.69 Å². The number of aryl methyl sites for hydroxylation is 3. The fraction of sp³-hybridized carbons (Fsp3) is 0.391.